The highest BCUT2D eigenvalue weighted by Gasteiger charge is 2.37. The summed E-state index contributed by atoms with van der Waals surface area (Å²) in [4.78, 5) is 11.3. The number of benzene rings is 1. The Bertz CT molecular complexity index is 533. The summed E-state index contributed by atoms with van der Waals surface area (Å²) in [5.41, 5.74) is 5.91. The van der Waals surface area contributed by atoms with Crippen LogP contribution in [0.4, 0.5) is 0 Å². The molecule has 2 rings (SSSR count). The maximum absolute atomic E-state index is 11.3. The van der Waals surface area contributed by atoms with Crippen molar-refractivity contribution in [2.24, 2.45) is 0 Å². The van der Waals surface area contributed by atoms with Crippen molar-refractivity contribution in [2.75, 3.05) is 0 Å². The van der Waals surface area contributed by atoms with Crippen LogP contribution in [0.3, 0.4) is 0 Å². The van der Waals surface area contributed by atoms with Gasteiger partial charge in [0.05, 0.1) is 11.6 Å². The number of nitrogens with one attached hydrogen (secondary N) is 2. The molecular formula is C13H13N3O2. The van der Waals surface area contributed by atoms with E-state index in [4.69, 9.17) is 5.26 Å². The molecule has 1 aromatic rings. The summed E-state index contributed by atoms with van der Waals surface area (Å²) >= 11 is 0. The van der Waals surface area contributed by atoms with E-state index in [1.165, 1.54) is 0 Å². The van der Waals surface area contributed by atoms with Crippen molar-refractivity contribution in [3.05, 3.63) is 47.7 Å². The number of carboxylic acid groups (broad SMARTS) is 1. The van der Waals surface area contributed by atoms with E-state index in [2.05, 4.69) is 16.9 Å². The first-order valence-electron chi connectivity index (χ1n) is 5.59. The number of aryl methyl sites for hydroxylation is 1. The molecule has 0 radical (unpaired) electrons. The Morgan fingerprint density at radius 2 is 2.33 bits per heavy atom. The van der Waals surface area contributed by atoms with Gasteiger partial charge in [-0.3, -0.25) is 0 Å². The van der Waals surface area contributed by atoms with Crippen molar-refractivity contribution in [1.82, 2.24) is 10.9 Å². The van der Waals surface area contributed by atoms with Crippen LogP contribution >= 0.6 is 0 Å². The number of carboxylic acids is 1. The molecule has 5 heteroatoms. The lowest BCUT2D eigenvalue weighted by atomic mass is 9.92. The Morgan fingerprint density at radius 1 is 1.50 bits per heavy atom. The lowest BCUT2D eigenvalue weighted by Gasteiger charge is -2.22. The standard InChI is InChI=1S/C13H13N3O2/c14-9-11-3-1-2-10(8-11)4-5-13(12(17)18)6-7-15-16-13/h1-3,6-8,15-16H,4-5H2,(H,17,18). The van der Waals surface area contributed by atoms with Crippen molar-refractivity contribution in [1.29, 1.82) is 5.26 Å². The first-order chi connectivity index (χ1) is 8.66. The third-order valence-electron chi connectivity index (χ3n) is 2.99. The lowest BCUT2D eigenvalue weighted by molar-refractivity contribution is -0.142. The molecule has 1 aliphatic heterocycles. The Kier molecular flexibility index (Phi) is 3.31. The number of hydrazine groups is 1. The van der Waals surface area contributed by atoms with Crippen molar-refractivity contribution in [2.45, 2.75) is 18.4 Å². The van der Waals surface area contributed by atoms with Gasteiger partial charge in [0.2, 0.25) is 0 Å². The fraction of sp³-hybridized carbons (Fsp3) is 0.231. The summed E-state index contributed by atoms with van der Waals surface area (Å²) in [7, 11) is 0. The highest BCUT2D eigenvalue weighted by atomic mass is 16.4. The zero-order valence-electron chi connectivity index (χ0n) is 9.68. The zero-order chi connectivity index (χ0) is 13.0. The third-order valence-corrected chi connectivity index (χ3v) is 2.99. The van der Waals surface area contributed by atoms with Crippen LogP contribution in [-0.4, -0.2) is 16.6 Å². The van der Waals surface area contributed by atoms with Crippen LogP contribution < -0.4 is 10.9 Å². The summed E-state index contributed by atoms with van der Waals surface area (Å²) in [5.74, 6) is -0.916. The van der Waals surface area contributed by atoms with Crippen LogP contribution in [0.1, 0.15) is 17.5 Å². The average molecular weight is 243 g/mol. The summed E-state index contributed by atoms with van der Waals surface area (Å²) in [5, 5.41) is 18.0. The molecule has 0 amide bonds. The number of hydrogen-bond acceptors (Lipinski definition) is 4. The number of hydrogen-bond donors (Lipinski definition) is 3. The van der Waals surface area contributed by atoms with Gasteiger partial charge in [-0.2, -0.15) is 5.26 Å². The molecule has 1 atom stereocenters. The first kappa shape index (κ1) is 12.1. The molecule has 1 aromatic carbocycles. The van der Waals surface area contributed by atoms with E-state index in [0.29, 0.717) is 18.4 Å². The Hall–Kier alpha value is -2.32. The van der Waals surface area contributed by atoms with Crippen LogP contribution in [0, 0.1) is 11.3 Å². The Morgan fingerprint density at radius 3 is 2.94 bits per heavy atom. The molecule has 1 unspecified atom stereocenters. The highest BCUT2D eigenvalue weighted by molar-refractivity contribution is 5.82. The summed E-state index contributed by atoms with van der Waals surface area (Å²) in [6.07, 6.45) is 4.19. The lowest BCUT2D eigenvalue weighted by Crippen LogP contribution is -2.51. The molecule has 0 saturated carbocycles. The molecule has 3 N–H and O–H groups in total. The number of aliphatic carboxylic acids is 1. The zero-order valence-corrected chi connectivity index (χ0v) is 9.68. The van der Waals surface area contributed by atoms with Gasteiger partial charge in [-0.25, -0.2) is 10.2 Å². The number of carbonyl (C=O) groups is 1. The Balaban J connectivity index is 2.09. The van der Waals surface area contributed by atoms with E-state index in [-0.39, 0.29) is 0 Å². The molecular weight excluding hydrogens is 230 g/mol. The second kappa shape index (κ2) is 4.90. The molecule has 0 saturated heterocycles. The van der Waals surface area contributed by atoms with E-state index in [1.54, 1.807) is 30.5 Å². The maximum Gasteiger partial charge on any atom is 0.329 e. The molecule has 0 aliphatic carbocycles. The predicted octanol–water partition coefficient (Wildman–Crippen LogP) is 0.936. The van der Waals surface area contributed by atoms with Crippen molar-refractivity contribution < 1.29 is 9.90 Å². The molecule has 18 heavy (non-hydrogen) atoms. The molecule has 1 aliphatic rings. The van der Waals surface area contributed by atoms with Gasteiger partial charge in [0.25, 0.3) is 0 Å². The van der Waals surface area contributed by atoms with E-state index in [9.17, 15) is 9.90 Å². The molecule has 0 bridgehead atoms. The summed E-state index contributed by atoms with van der Waals surface area (Å²) in [6.45, 7) is 0. The molecule has 92 valence electrons. The minimum atomic E-state index is -1.07. The number of nitriles is 1. The highest BCUT2D eigenvalue weighted by Crippen LogP contribution is 2.19. The fourth-order valence-corrected chi connectivity index (χ4v) is 1.91. The second-order valence-electron chi connectivity index (χ2n) is 4.19. The first-order valence-corrected chi connectivity index (χ1v) is 5.59. The minimum absolute atomic E-state index is 0.417. The van der Waals surface area contributed by atoms with Gasteiger partial charge in [-0.05, 0) is 36.6 Å². The summed E-state index contributed by atoms with van der Waals surface area (Å²) in [6, 6.07) is 9.27. The smallest absolute Gasteiger partial charge is 0.329 e. The number of rotatable bonds is 4. The SMILES string of the molecule is N#Cc1cccc(CCC2(C(=O)O)C=CNN2)c1. The third kappa shape index (κ3) is 2.34. The molecule has 0 aromatic heterocycles. The van der Waals surface area contributed by atoms with Gasteiger partial charge in [-0.15, -0.1) is 0 Å². The van der Waals surface area contributed by atoms with Gasteiger partial charge in [0.1, 0.15) is 0 Å². The molecule has 1 heterocycles. The van der Waals surface area contributed by atoms with Gasteiger partial charge in [-0.1, -0.05) is 12.1 Å². The van der Waals surface area contributed by atoms with Gasteiger partial charge >= 0.3 is 5.97 Å². The number of nitrogens with zero attached hydrogens (tertiary/aromatic N) is 1. The topological polar surface area (TPSA) is 85.2 Å². The largest absolute Gasteiger partial charge is 0.480 e. The van der Waals surface area contributed by atoms with E-state index < -0.39 is 11.5 Å². The van der Waals surface area contributed by atoms with Crippen LogP contribution in [0.25, 0.3) is 0 Å². The van der Waals surface area contributed by atoms with Crippen molar-refractivity contribution in [3.8, 4) is 6.07 Å². The van der Waals surface area contributed by atoms with Crippen LogP contribution in [0.2, 0.25) is 0 Å². The van der Waals surface area contributed by atoms with Gasteiger partial charge in [0, 0.05) is 6.20 Å². The Labute approximate surface area is 105 Å². The van der Waals surface area contributed by atoms with Crippen LogP contribution in [0.5, 0.6) is 0 Å². The maximum atomic E-state index is 11.3. The van der Waals surface area contributed by atoms with Crippen LogP contribution in [-0.2, 0) is 11.2 Å². The van der Waals surface area contributed by atoms with Crippen LogP contribution in [0.15, 0.2) is 36.5 Å². The monoisotopic (exact) mass is 243 g/mol. The van der Waals surface area contributed by atoms with Gasteiger partial charge < -0.3 is 10.5 Å². The quantitative estimate of drug-likeness (QED) is 0.732. The minimum Gasteiger partial charge on any atom is -0.480 e. The average Bonchev–Trinajstić information content (AvgIpc) is 2.87. The molecule has 0 fully saturated rings. The molecule has 5 nitrogen and oxygen atoms in total. The van der Waals surface area contributed by atoms with E-state index in [1.807, 2.05) is 6.07 Å². The van der Waals surface area contributed by atoms with E-state index in [0.717, 1.165) is 5.56 Å². The normalized spacial score (nSPS) is 21.3. The molecule has 0 spiro atoms. The fourth-order valence-electron chi connectivity index (χ4n) is 1.91. The van der Waals surface area contributed by atoms with E-state index >= 15 is 0 Å². The summed E-state index contributed by atoms with van der Waals surface area (Å²) < 4.78 is 0. The van der Waals surface area contributed by atoms with Gasteiger partial charge in [0.15, 0.2) is 5.54 Å². The van der Waals surface area contributed by atoms with Crippen molar-refractivity contribution >= 4 is 5.97 Å². The second-order valence-corrected chi connectivity index (χ2v) is 4.19. The van der Waals surface area contributed by atoms with Crippen molar-refractivity contribution in [3.63, 3.8) is 0 Å². The predicted molar refractivity (Wildman–Crippen MR) is 65.3 cm³/mol.